The van der Waals surface area contributed by atoms with Crippen molar-refractivity contribution < 1.29 is 4.74 Å². The highest BCUT2D eigenvalue weighted by molar-refractivity contribution is 7.99. The second-order valence-electron chi connectivity index (χ2n) is 4.34. The second-order valence-corrected chi connectivity index (χ2v) is 5.45. The van der Waals surface area contributed by atoms with E-state index in [1.165, 1.54) is 0 Å². The van der Waals surface area contributed by atoms with Gasteiger partial charge in [0, 0.05) is 13.1 Å². The highest BCUT2D eigenvalue weighted by Crippen LogP contribution is 2.36. The number of nitrogens with two attached hydrogens (primary N) is 1. The first-order valence-electron chi connectivity index (χ1n) is 6.02. The van der Waals surface area contributed by atoms with Crippen LogP contribution < -0.4 is 10.5 Å². The van der Waals surface area contributed by atoms with E-state index in [-0.39, 0.29) is 11.3 Å². The lowest BCUT2D eigenvalue weighted by atomic mass is 10.1. The Labute approximate surface area is 117 Å². The van der Waals surface area contributed by atoms with E-state index in [1.807, 2.05) is 32.2 Å². The molecule has 1 aromatic carbocycles. The van der Waals surface area contributed by atoms with E-state index in [1.54, 1.807) is 29.9 Å². The molecule has 0 aliphatic carbocycles. The van der Waals surface area contributed by atoms with Crippen LogP contribution in [0.5, 0.6) is 5.75 Å². The number of thioether (sulfide) groups is 1. The standard InChI is InChI=1S/C13H18N4OS/c1-9(14)12(19-13-15-8-16-17(13)2)10-5-4-6-11(7-10)18-3/h4-9,12H,14H2,1-3H3. The molecule has 1 aromatic heterocycles. The molecule has 2 rings (SSSR count). The molecule has 2 N–H and O–H groups in total. The quantitative estimate of drug-likeness (QED) is 0.847. The third kappa shape index (κ3) is 3.27. The molecule has 0 bridgehead atoms. The minimum atomic E-state index is -0.00574. The number of ether oxygens (including phenoxy) is 1. The normalized spacial score (nSPS) is 14.1. The largest absolute Gasteiger partial charge is 0.497 e. The monoisotopic (exact) mass is 278 g/mol. The predicted molar refractivity (Wildman–Crippen MR) is 76.2 cm³/mol. The van der Waals surface area contributed by atoms with Crippen LogP contribution in [0.15, 0.2) is 35.7 Å². The number of methoxy groups -OCH3 is 1. The molecule has 2 unspecified atom stereocenters. The Morgan fingerprint density at radius 3 is 2.79 bits per heavy atom. The van der Waals surface area contributed by atoms with Gasteiger partial charge in [0.1, 0.15) is 12.1 Å². The molecule has 1 heterocycles. The number of nitrogens with zero attached hydrogens (tertiary/aromatic N) is 3. The van der Waals surface area contributed by atoms with Gasteiger partial charge in [-0.25, -0.2) is 9.67 Å². The van der Waals surface area contributed by atoms with Gasteiger partial charge in [0.25, 0.3) is 0 Å². The van der Waals surface area contributed by atoms with E-state index in [0.717, 1.165) is 16.5 Å². The molecule has 0 fully saturated rings. The fourth-order valence-electron chi connectivity index (χ4n) is 1.80. The summed E-state index contributed by atoms with van der Waals surface area (Å²) in [6.45, 7) is 1.99. The Morgan fingerprint density at radius 2 is 2.21 bits per heavy atom. The number of aryl methyl sites for hydroxylation is 1. The molecule has 0 saturated carbocycles. The predicted octanol–water partition coefficient (Wildman–Crippen LogP) is 2.00. The molecule has 2 aromatic rings. The smallest absolute Gasteiger partial charge is 0.186 e. The van der Waals surface area contributed by atoms with Crippen molar-refractivity contribution in [3.63, 3.8) is 0 Å². The topological polar surface area (TPSA) is 66.0 Å². The van der Waals surface area contributed by atoms with Crippen molar-refractivity contribution in [1.82, 2.24) is 14.8 Å². The summed E-state index contributed by atoms with van der Waals surface area (Å²) in [7, 11) is 3.54. The Morgan fingerprint density at radius 1 is 1.42 bits per heavy atom. The van der Waals surface area contributed by atoms with Crippen LogP contribution in [0.2, 0.25) is 0 Å². The molecular formula is C13H18N4OS. The highest BCUT2D eigenvalue weighted by atomic mass is 32.2. The van der Waals surface area contributed by atoms with Gasteiger partial charge in [-0.3, -0.25) is 0 Å². The molecule has 0 aliphatic heterocycles. The van der Waals surface area contributed by atoms with Crippen LogP contribution in [0.3, 0.4) is 0 Å². The van der Waals surface area contributed by atoms with Crippen molar-refractivity contribution in [3.8, 4) is 5.75 Å². The number of hydrogen-bond donors (Lipinski definition) is 1. The zero-order valence-electron chi connectivity index (χ0n) is 11.3. The molecule has 2 atom stereocenters. The fourth-order valence-corrected chi connectivity index (χ4v) is 2.84. The van der Waals surface area contributed by atoms with E-state index in [9.17, 15) is 0 Å². The lowest BCUT2D eigenvalue weighted by Gasteiger charge is -2.20. The van der Waals surface area contributed by atoms with E-state index in [4.69, 9.17) is 10.5 Å². The van der Waals surface area contributed by atoms with Gasteiger partial charge >= 0.3 is 0 Å². The zero-order chi connectivity index (χ0) is 13.8. The summed E-state index contributed by atoms with van der Waals surface area (Å²) < 4.78 is 7.01. The van der Waals surface area contributed by atoms with Gasteiger partial charge in [0.05, 0.1) is 12.4 Å². The minimum Gasteiger partial charge on any atom is -0.497 e. The van der Waals surface area contributed by atoms with Gasteiger partial charge in [-0.2, -0.15) is 5.10 Å². The van der Waals surface area contributed by atoms with Gasteiger partial charge < -0.3 is 10.5 Å². The summed E-state index contributed by atoms with van der Waals surface area (Å²) in [4.78, 5) is 4.23. The lowest BCUT2D eigenvalue weighted by molar-refractivity contribution is 0.414. The first-order chi connectivity index (χ1) is 9.11. The first kappa shape index (κ1) is 13.9. The van der Waals surface area contributed by atoms with Crippen molar-refractivity contribution in [2.24, 2.45) is 12.8 Å². The minimum absolute atomic E-state index is 0.00574. The average Bonchev–Trinajstić information content (AvgIpc) is 2.81. The SMILES string of the molecule is COc1cccc(C(Sc2ncnn2C)C(C)N)c1. The molecule has 0 radical (unpaired) electrons. The Hall–Kier alpha value is -1.53. The zero-order valence-corrected chi connectivity index (χ0v) is 12.1. The van der Waals surface area contributed by atoms with Crippen LogP contribution in [-0.4, -0.2) is 27.9 Å². The van der Waals surface area contributed by atoms with Crippen molar-refractivity contribution in [2.75, 3.05) is 7.11 Å². The molecule has 0 saturated heterocycles. The van der Waals surface area contributed by atoms with Gasteiger partial charge in [0.2, 0.25) is 0 Å². The van der Waals surface area contributed by atoms with Gasteiger partial charge in [0.15, 0.2) is 5.16 Å². The molecule has 0 amide bonds. The highest BCUT2D eigenvalue weighted by Gasteiger charge is 2.20. The van der Waals surface area contributed by atoms with Crippen LogP contribution in [0.1, 0.15) is 17.7 Å². The van der Waals surface area contributed by atoms with Crippen LogP contribution in [0.25, 0.3) is 0 Å². The van der Waals surface area contributed by atoms with Crippen LogP contribution >= 0.6 is 11.8 Å². The van der Waals surface area contributed by atoms with Crippen LogP contribution in [0, 0.1) is 0 Å². The number of aromatic nitrogens is 3. The van der Waals surface area contributed by atoms with E-state index < -0.39 is 0 Å². The van der Waals surface area contributed by atoms with Crippen LogP contribution in [-0.2, 0) is 7.05 Å². The summed E-state index contributed by atoms with van der Waals surface area (Å²) >= 11 is 1.61. The molecular weight excluding hydrogens is 260 g/mol. The fraction of sp³-hybridized carbons (Fsp3) is 0.385. The van der Waals surface area contributed by atoms with Crippen LogP contribution in [0.4, 0.5) is 0 Å². The molecule has 19 heavy (non-hydrogen) atoms. The van der Waals surface area contributed by atoms with Crippen molar-refractivity contribution >= 4 is 11.8 Å². The Kier molecular flexibility index (Phi) is 4.44. The summed E-state index contributed by atoms with van der Waals surface area (Å²) in [6, 6.07) is 7.96. The Bertz CT molecular complexity index is 541. The maximum absolute atomic E-state index is 6.11. The first-order valence-corrected chi connectivity index (χ1v) is 6.90. The second kappa shape index (κ2) is 6.08. The third-order valence-corrected chi connectivity index (χ3v) is 4.34. The number of benzene rings is 1. The average molecular weight is 278 g/mol. The maximum atomic E-state index is 6.11. The van der Waals surface area contributed by atoms with Crippen molar-refractivity contribution in [3.05, 3.63) is 36.2 Å². The van der Waals surface area contributed by atoms with Gasteiger partial charge in [-0.05, 0) is 24.6 Å². The molecule has 102 valence electrons. The Balaban J connectivity index is 2.27. The third-order valence-electron chi connectivity index (χ3n) is 2.80. The molecule has 5 nitrogen and oxygen atoms in total. The lowest BCUT2D eigenvalue weighted by Crippen LogP contribution is -2.23. The summed E-state index contributed by atoms with van der Waals surface area (Å²) in [6.07, 6.45) is 1.55. The van der Waals surface area contributed by atoms with E-state index in [0.29, 0.717) is 0 Å². The van der Waals surface area contributed by atoms with Crippen molar-refractivity contribution in [1.29, 1.82) is 0 Å². The van der Waals surface area contributed by atoms with Gasteiger partial charge in [-0.15, -0.1) is 0 Å². The maximum Gasteiger partial charge on any atom is 0.186 e. The van der Waals surface area contributed by atoms with Gasteiger partial charge in [-0.1, -0.05) is 23.9 Å². The summed E-state index contributed by atoms with van der Waals surface area (Å²) in [5.74, 6) is 0.835. The van der Waals surface area contributed by atoms with E-state index in [2.05, 4.69) is 16.1 Å². The van der Waals surface area contributed by atoms with Crippen molar-refractivity contribution in [2.45, 2.75) is 23.4 Å². The summed E-state index contributed by atoms with van der Waals surface area (Å²) in [5, 5.41) is 5.04. The molecule has 0 aliphatic rings. The number of rotatable bonds is 5. The number of hydrogen-bond acceptors (Lipinski definition) is 5. The summed E-state index contributed by atoms with van der Waals surface area (Å²) in [5.41, 5.74) is 7.23. The van der Waals surface area contributed by atoms with E-state index >= 15 is 0 Å². The molecule has 6 heteroatoms. The molecule has 0 spiro atoms.